The maximum absolute atomic E-state index is 12.1. The molecule has 286 valence electrons. The number of ether oxygens (including phenoxy) is 12. The first-order chi connectivity index (χ1) is 24.0. The zero-order chi connectivity index (χ0) is 35.5. The second-order valence-electron chi connectivity index (χ2n) is 9.84. The molecule has 49 heavy (non-hydrogen) atoms. The summed E-state index contributed by atoms with van der Waals surface area (Å²) in [6, 6.07) is 6.47. The van der Waals surface area contributed by atoms with Crippen molar-refractivity contribution in [2.75, 3.05) is 159 Å². The van der Waals surface area contributed by atoms with Gasteiger partial charge in [0.25, 0.3) is 10.1 Å². The van der Waals surface area contributed by atoms with Crippen molar-refractivity contribution >= 4 is 16.1 Å². The molecule has 0 heterocycles. The lowest BCUT2D eigenvalue weighted by Crippen LogP contribution is -2.16. The van der Waals surface area contributed by atoms with Gasteiger partial charge < -0.3 is 56.8 Å². The van der Waals surface area contributed by atoms with Gasteiger partial charge in [-0.15, -0.1) is 0 Å². The molecule has 0 radical (unpaired) electrons. The molecule has 0 fully saturated rings. The van der Waals surface area contributed by atoms with E-state index < -0.39 is 16.1 Å². The summed E-state index contributed by atoms with van der Waals surface area (Å²) in [6.45, 7) is 10.6. The maximum atomic E-state index is 12.1. The Balaban J connectivity index is 1.67. The second kappa shape index (κ2) is 33.3. The molecule has 0 amide bonds. The summed E-state index contributed by atoms with van der Waals surface area (Å²) in [6.07, 6.45) is 0. The largest absolute Gasteiger partial charge is 0.467 e. The number of benzene rings is 1. The van der Waals surface area contributed by atoms with Gasteiger partial charge in [-0.05, 0) is 19.1 Å². The predicted molar refractivity (Wildman–Crippen MR) is 175 cm³/mol. The quantitative estimate of drug-likeness (QED) is 0.0541. The predicted octanol–water partition coefficient (Wildman–Crippen LogP) is 1.06. The van der Waals surface area contributed by atoms with Crippen LogP contribution in [0, 0.1) is 6.92 Å². The molecule has 16 nitrogen and oxygen atoms in total. The van der Waals surface area contributed by atoms with E-state index in [1.165, 1.54) is 19.2 Å². The minimum absolute atomic E-state index is 0.0646. The summed E-state index contributed by atoms with van der Waals surface area (Å²) >= 11 is 0. The third kappa shape index (κ3) is 29.6. The minimum Gasteiger partial charge on any atom is -0.467 e. The van der Waals surface area contributed by atoms with Gasteiger partial charge in [0.05, 0.1) is 157 Å². The molecule has 1 aromatic rings. The number of esters is 1. The van der Waals surface area contributed by atoms with Crippen LogP contribution >= 0.6 is 0 Å². The molecule has 0 spiro atoms. The van der Waals surface area contributed by atoms with Crippen molar-refractivity contribution in [1.82, 2.24) is 0 Å². The van der Waals surface area contributed by atoms with Crippen molar-refractivity contribution in [1.29, 1.82) is 0 Å². The van der Waals surface area contributed by atoms with Gasteiger partial charge in [-0.25, -0.2) is 4.79 Å². The van der Waals surface area contributed by atoms with Crippen molar-refractivity contribution in [2.24, 2.45) is 0 Å². The summed E-state index contributed by atoms with van der Waals surface area (Å²) in [5, 5.41) is 0. The highest BCUT2D eigenvalue weighted by Crippen LogP contribution is 2.12. The van der Waals surface area contributed by atoms with Gasteiger partial charge in [0.15, 0.2) is 0 Å². The zero-order valence-electron chi connectivity index (χ0n) is 29.0. The van der Waals surface area contributed by atoms with Gasteiger partial charge in [0.2, 0.25) is 0 Å². The fourth-order valence-electron chi connectivity index (χ4n) is 3.39. The molecule has 0 aliphatic heterocycles. The van der Waals surface area contributed by atoms with Crippen LogP contribution in [0.15, 0.2) is 29.2 Å². The van der Waals surface area contributed by atoms with Crippen LogP contribution in [-0.4, -0.2) is 173 Å². The highest BCUT2D eigenvalue weighted by Gasteiger charge is 2.14. The molecule has 0 unspecified atom stereocenters. The Kier molecular flexibility index (Phi) is 30.7. The number of hydrogen-bond donors (Lipinski definition) is 0. The Morgan fingerprint density at radius 3 is 1.00 bits per heavy atom. The molecule has 0 saturated carbocycles. The van der Waals surface area contributed by atoms with Crippen LogP contribution < -0.4 is 0 Å². The minimum atomic E-state index is -3.78. The normalized spacial score (nSPS) is 11.7. The van der Waals surface area contributed by atoms with Gasteiger partial charge >= 0.3 is 5.97 Å². The Morgan fingerprint density at radius 1 is 0.449 bits per heavy atom. The fraction of sp³-hybridized carbons (Fsp3) is 0.781. The van der Waals surface area contributed by atoms with E-state index >= 15 is 0 Å². The van der Waals surface area contributed by atoms with Crippen molar-refractivity contribution < 1.29 is 74.2 Å². The van der Waals surface area contributed by atoms with Crippen LogP contribution in [0.3, 0.4) is 0 Å². The highest BCUT2D eigenvalue weighted by atomic mass is 32.2. The topological polar surface area (TPSA) is 171 Å². The molecule has 0 aromatic heterocycles. The number of methoxy groups -OCH3 is 1. The fourth-order valence-corrected chi connectivity index (χ4v) is 4.28. The van der Waals surface area contributed by atoms with Crippen LogP contribution in [0.5, 0.6) is 0 Å². The number of hydrogen-bond acceptors (Lipinski definition) is 16. The summed E-state index contributed by atoms with van der Waals surface area (Å²) in [4.78, 5) is 11.0. The smallest absolute Gasteiger partial charge is 0.331 e. The molecule has 0 bridgehead atoms. The summed E-state index contributed by atoms with van der Waals surface area (Å²) in [7, 11) is -2.47. The number of aryl methyl sites for hydroxylation is 1. The molecule has 0 saturated heterocycles. The van der Waals surface area contributed by atoms with Crippen LogP contribution in [0.4, 0.5) is 0 Å². The molecule has 0 aliphatic carbocycles. The number of carbonyl (C=O) groups excluding carboxylic acids is 1. The molecule has 0 aliphatic rings. The standard InChI is InChI=1S/C32H56O16S/c1-30-3-5-31(6-4-30)49(34,35)48-28-27-46-24-23-44-20-19-42-16-15-40-12-11-38-8-7-37-9-10-39-13-14-41-17-18-43-21-22-45-25-26-47-29-32(33)36-2/h3-6H,7-29H2,1-2H3. The van der Waals surface area contributed by atoms with Crippen LogP contribution in [0.2, 0.25) is 0 Å². The van der Waals surface area contributed by atoms with Gasteiger partial charge in [-0.3, -0.25) is 4.18 Å². The zero-order valence-corrected chi connectivity index (χ0v) is 29.8. The van der Waals surface area contributed by atoms with Crippen molar-refractivity contribution in [2.45, 2.75) is 11.8 Å². The lowest BCUT2D eigenvalue weighted by molar-refractivity contribution is -0.146. The molecule has 0 atom stereocenters. The molecule has 1 rings (SSSR count). The van der Waals surface area contributed by atoms with Gasteiger partial charge in [-0.2, -0.15) is 8.42 Å². The summed E-state index contributed by atoms with van der Waals surface area (Å²) in [5.41, 5.74) is 0.971. The average Bonchev–Trinajstić information content (AvgIpc) is 3.10. The SMILES string of the molecule is COC(=O)COCCOCCOCCOCCOCCOCCOCCOCCOCCOCCOCCOS(=O)(=O)c1ccc(C)cc1. The van der Waals surface area contributed by atoms with Gasteiger partial charge in [0, 0.05) is 0 Å². The first-order valence-electron chi connectivity index (χ1n) is 16.3. The molecule has 1 aromatic carbocycles. The van der Waals surface area contributed by atoms with E-state index in [2.05, 4.69) is 4.74 Å². The molecular formula is C32H56O16S. The van der Waals surface area contributed by atoms with Crippen LogP contribution in [-0.2, 0) is 75.9 Å². The second-order valence-corrected chi connectivity index (χ2v) is 11.5. The molecule has 0 N–H and O–H groups in total. The Labute approximate surface area is 290 Å². The molecular weight excluding hydrogens is 672 g/mol. The van der Waals surface area contributed by atoms with E-state index in [9.17, 15) is 13.2 Å². The van der Waals surface area contributed by atoms with Gasteiger partial charge in [0.1, 0.15) is 6.61 Å². The Morgan fingerprint density at radius 2 is 0.714 bits per heavy atom. The van der Waals surface area contributed by atoms with Crippen molar-refractivity contribution in [3.8, 4) is 0 Å². The lowest BCUT2D eigenvalue weighted by atomic mass is 10.2. The first kappa shape index (κ1) is 45.2. The van der Waals surface area contributed by atoms with E-state index in [1.54, 1.807) is 12.1 Å². The van der Waals surface area contributed by atoms with E-state index in [1.807, 2.05) is 6.92 Å². The average molecular weight is 729 g/mol. The van der Waals surface area contributed by atoms with E-state index in [-0.39, 0.29) is 24.7 Å². The highest BCUT2D eigenvalue weighted by molar-refractivity contribution is 7.86. The summed E-state index contributed by atoms with van der Waals surface area (Å²) < 4.78 is 92.8. The third-order valence-corrected chi connectivity index (χ3v) is 7.27. The maximum Gasteiger partial charge on any atom is 0.331 e. The first-order valence-corrected chi connectivity index (χ1v) is 17.7. The lowest BCUT2D eigenvalue weighted by Gasteiger charge is -2.09. The van der Waals surface area contributed by atoms with Crippen LogP contribution in [0.25, 0.3) is 0 Å². The number of carbonyl (C=O) groups is 1. The Bertz CT molecular complexity index is 980. The Hall–Kier alpha value is -1.84. The van der Waals surface area contributed by atoms with E-state index in [0.29, 0.717) is 132 Å². The molecule has 17 heteroatoms. The van der Waals surface area contributed by atoms with Crippen LogP contribution in [0.1, 0.15) is 5.56 Å². The number of rotatable bonds is 37. The van der Waals surface area contributed by atoms with E-state index in [0.717, 1.165) is 5.56 Å². The van der Waals surface area contributed by atoms with Crippen molar-refractivity contribution in [3.63, 3.8) is 0 Å². The summed E-state index contributed by atoms with van der Waals surface area (Å²) in [5.74, 6) is -0.415. The third-order valence-electron chi connectivity index (χ3n) is 5.94. The monoisotopic (exact) mass is 728 g/mol. The van der Waals surface area contributed by atoms with Crippen molar-refractivity contribution in [3.05, 3.63) is 29.8 Å². The van der Waals surface area contributed by atoms with E-state index in [4.69, 9.17) is 56.3 Å². The van der Waals surface area contributed by atoms with Gasteiger partial charge in [-0.1, -0.05) is 17.7 Å².